The summed E-state index contributed by atoms with van der Waals surface area (Å²) in [5, 5.41) is 9.08. The summed E-state index contributed by atoms with van der Waals surface area (Å²) in [6.07, 6.45) is 3.48. The highest BCUT2D eigenvalue weighted by atomic mass is 16.5. The van der Waals surface area contributed by atoms with Gasteiger partial charge < -0.3 is 9.64 Å². The first-order valence-corrected chi connectivity index (χ1v) is 8.83. The molecule has 1 aromatic heterocycles. The van der Waals surface area contributed by atoms with Crippen molar-refractivity contribution >= 4 is 5.95 Å². The number of hydrogen-bond donors (Lipinski definition) is 0. The van der Waals surface area contributed by atoms with Crippen molar-refractivity contribution in [2.45, 2.75) is 39.7 Å². The third kappa shape index (κ3) is 3.78. The molecule has 0 atom stereocenters. The van der Waals surface area contributed by atoms with Crippen LogP contribution in [0.15, 0.2) is 30.3 Å². The van der Waals surface area contributed by atoms with Crippen LogP contribution in [-0.2, 0) is 11.3 Å². The number of anilines is 1. The highest BCUT2D eigenvalue weighted by Gasteiger charge is 2.26. The van der Waals surface area contributed by atoms with Crippen molar-refractivity contribution in [3.63, 3.8) is 0 Å². The number of hydrogen-bond acceptors (Lipinski definition) is 4. The van der Waals surface area contributed by atoms with Gasteiger partial charge in [0, 0.05) is 38.9 Å². The van der Waals surface area contributed by atoms with Gasteiger partial charge in [0.1, 0.15) is 0 Å². The first kappa shape index (κ1) is 17.0. The Bertz CT molecular complexity index is 645. The Labute approximate surface area is 144 Å². The lowest BCUT2D eigenvalue weighted by atomic mass is 9.89. The average molecular weight is 328 g/mol. The van der Waals surface area contributed by atoms with Crippen molar-refractivity contribution in [2.24, 2.45) is 5.41 Å². The topological polar surface area (TPSA) is 43.2 Å². The zero-order valence-electron chi connectivity index (χ0n) is 15.0. The molecule has 130 valence electrons. The highest BCUT2D eigenvalue weighted by molar-refractivity contribution is 5.57. The van der Waals surface area contributed by atoms with Crippen LogP contribution in [0, 0.1) is 5.41 Å². The van der Waals surface area contributed by atoms with Crippen LogP contribution in [0.5, 0.6) is 0 Å². The van der Waals surface area contributed by atoms with E-state index in [1.54, 1.807) is 7.11 Å². The molecule has 1 aliphatic rings. The van der Waals surface area contributed by atoms with Crippen LogP contribution in [0.1, 0.15) is 33.1 Å². The molecule has 1 fully saturated rings. The van der Waals surface area contributed by atoms with Gasteiger partial charge in [-0.1, -0.05) is 44.2 Å². The van der Waals surface area contributed by atoms with Gasteiger partial charge in [0.15, 0.2) is 5.82 Å². The fraction of sp³-hybridized carbons (Fsp3) is 0.579. The van der Waals surface area contributed by atoms with E-state index in [4.69, 9.17) is 4.74 Å². The van der Waals surface area contributed by atoms with E-state index < -0.39 is 0 Å². The van der Waals surface area contributed by atoms with Gasteiger partial charge in [0.25, 0.3) is 0 Å². The minimum absolute atomic E-state index is 0.121. The summed E-state index contributed by atoms with van der Waals surface area (Å²) in [5.41, 5.74) is 1.24. The van der Waals surface area contributed by atoms with Crippen molar-refractivity contribution in [2.75, 3.05) is 31.7 Å². The van der Waals surface area contributed by atoms with E-state index in [9.17, 15) is 0 Å². The van der Waals surface area contributed by atoms with Crippen LogP contribution in [-0.4, -0.2) is 41.6 Å². The van der Waals surface area contributed by atoms with E-state index >= 15 is 0 Å². The van der Waals surface area contributed by atoms with Gasteiger partial charge in [0.05, 0.1) is 0 Å². The largest absolute Gasteiger partial charge is 0.385 e. The molecule has 2 aromatic rings. The number of aromatic nitrogens is 3. The van der Waals surface area contributed by atoms with Crippen LogP contribution in [0.2, 0.25) is 0 Å². The van der Waals surface area contributed by atoms with Crippen LogP contribution < -0.4 is 4.90 Å². The third-order valence-electron chi connectivity index (χ3n) is 4.72. The lowest BCUT2D eigenvalue weighted by Crippen LogP contribution is -2.27. The molecule has 3 rings (SSSR count). The molecule has 5 nitrogen and oxygen atoms in total. The van der Waals surface area contributed by atoms with Crippen molar-refractivity contribution in [3.05, 3.63) is 30.3 Å². The molecule has 0 bridgehead atoms. The van der Waals surface area contributed by atoms with Crippen molar-refractivity contribution < 1.29 is 4.74 Å². The Balaban J connectivity index is 1.95. The number of ether oxygens (including phenoxy) is 1. The summed E-state index contributed by atoms with van der Waals surface area (Å²) in [6, 6.07) is 10.4. The molecular weight excluding hydrogens is 300 g/mol. The summed E-state index contributed by atoms with van der Waals surface area (Å²) in [4.78, 5) is 2.37. The molecule has 1 saturated heterocycles. The molecule has 0 aliphatic carbocycles. The Morgan fingerprint density at radius 1 is 1.08 bits per heavy atom. The monoisotopic (exact) mass is 328 g/mol. The molecule has 24 heavy (non-hydrogen) atoms. The van der Waals surface area contributed by atoms with Crippen molar-refractivity contribution in [3.8, 4) is 11.4 Å². The standard InChI is InChI=1S/C19H28N4O/c1-19(2,11-14-24-3)15-23-17(16-9-5-4-6-10-16)20-21-18(23)22-12-7-8-13-22/h4-6,9-10H,7-8,11-15H2,1-3H3. The van der Waals surface area contributed by atoms with Gasteiger partial charge in [-0.15, -0.1) is 10.2 Å². The maximum Gasteiger partial charge on any atom is 0.227 e. The smallest absolute Gasteiger partial charge is 0.227 e. The van der Waals surface area contributed by atoms with Gasteiger partial charge in [-0.25, -0.2) is 0 Å². The molecule has 2 heterocycles. The Morgan fingerprint density at radius 3 is 2.46 bits per heavy atom. The van der Waals surface area contributed by atoms with Gasteiger partial charge in [-0.05, 0) is 24.7 Å². The molecule has 5 heteroatoms. The summed E-state index contributed by atoms with van der Waals surface area (Å²) in [5.74, 6) is 1.97. The van der Waals surface area contributed by atoms with Crippen molar-refractivity contribution in [1.29, 1.82) is 0 Å². The summed E-state index contributed by atoms with van der Waals surface area (Å²) in [7, 11) is 1.76. The summed E-state index contributed by atoms with van der Waals surface area (Å²) >= 11 is 0. The average Bonchev–Trinajstić information content (AvgIpc) is 3.23. The zero-order chi connectivity index (χ0) is 17.0. The van der Waals surface area contributed by atoms with E-state index in [0.29, 0.717) is 0 Å². The van der Waals surface area contributed by atoms with Crippen LogP contribution in [0.3, 0.4) is 0 Å². The second kappa shape index (κ2) is 7.34. The Morgan fingerprint density at radius 2 is 1.79 bits per heavy atom. The molecule has 1 aromatic carbocycles. The molecule has 0 saturated carbocycles. The predicted molar refractivity (Wildman–Crippen MR) is 97.2 cm³/mol. The molecule has 0 radical (unpaired) electrons. The maximum atomic E-state index is 5.29. The van der Waals surface area contributed by atoms with E-state index in [1.807, 2.05) is 6.07 Å². The second-order valence-electron chi connectivity index (χ2n) is 7.38. The molecule has 0 N–H and O–H groups in total. The first-order valence-electron chi connectivity index (χ1n) is 8.83. The minimum atomic E-state index is 0.121. The number of rotatable bonds is 7. The third-order valence-corrected chi connectivity index (χ3v) is 4.72. The number of nitrogens with zero attached hydrogens (tertiary/aromatic N) is 4. The SMILES string of the molecule is COCCC(C)(C)Cn1c(-c2ccccc2)nnc1N1CCCC1. The fourth-order valence-corrected chi connectivity index (χ4v) is 3.28. The first-order chi connectivity index (χ1) is 11.6. The maximum absolute atomic E-state index is 5.29. The van der Waals surface area contributed by atoms with Gasteiger partial charge in [0.2, 0.25) is 5.95 Å². The summed E-state index contributed by atoms with van der Waals surface area (Å²) < 4.78 is 7.59. The minimum Gasteiger partial charge on any atom is -0.385 e. The molecular formula is C19H28N4O. The molecule has 1 aliphatic heterocycles. The second-order valence-corrected chi connectivity index (χ2v) is 7.38. The van der Waals surface area contributed by atoms with Gasteiger partial charge >= 0.3 is 0 Å². The van der Waals surface area contributed by atoms with E-state index in [0.717, 1.165) is 50.0 Å². The van der Waals surface area contributed by atoms with Crippen LogP contribution >= 0.6 is 0 Å². The lowest BCUT2D eigenvalue weighted by molar-refractivity contribution is 0.143. The Hall–Kier alpha value is -1.88. The molecule has 0 spiro atoms. The van der Waals surface area contributed by atoms with Crippen molar-refractivity contribution in [1.82, 2.24) is 14.8 Å². The predicted octanol–water partition coefficient (Wildman–Crippen LogP) is 3.61. The van der Waals surface area contributed by atoms with Crippen LogP contribution in [0.4, 0.5) is 5.95 Å². The van der Waals surface area contributed by atoms with Crippen LogP contribution in [0.25, 0.3) is 11.4 Å². The summed E-state index contributed by atoms with van der Waals surface area (Å²) in [6.45, 7) is 8.38. The lowest BCUT2D eigenvalue weighted by Gasteiger charge is -2.28. The molecule has 0 unspecified atom stereocenters. The normalized spacial score (nSPS) is 15.2. The van der Waals surface area contributed by atoms with Gasteiger partial charge in [-0.2, -0.15) is 0 Å². The van der Waals surface area contributed by atoms with Gasteiger partial charge in [-0.3, -0.25) is 4.57 Å². The van der Waals surface area contributed by atoms with E-state index in [2.05, 4.69) is 57.8 Å². The van der Waals surface area contributed by atoms with E-state index in [-0.39, 0.29) is 5.41 Å². The number of methoxy groups -OCH3 is 1. The van der Waals surface area contributed by atoms with E-state index in [1.165, 1.54) is 12.8 Å². The quantitative estimate of drug-likeness (QED) is 0.779. The fourth-order valence-electron chi connectivity index (χ4n) is 3.28. The Kier molecular flexibility index (Phi) is 5.19. The highest BCUT2D eigenvalue weighted by Crippen LogP contribution is 2.31. The zero-order valence-corrected chi connectivity index (χ0v) is 15.0. The molecule has 0 amide bonds. The number of benzene rings is 1.